The normalized spacial score (nSPS) is 10.6. The third kappa shape index (κ3) is 2.34. The van der Waals surface area contributed by atoms with Gasteiger partial charge in [-0.15, -0.1) is 23.1 Å². The molecule has 0 saturated heterocycles. The summed E-state index contributed by atoms with van der Waals surface area (Å²) in [6, 6.07) is 4.22. The van der Waals surface area contributed by atoms with E-state index in [-0.39, 0.29) is 0 Å². The van der Waals surface area contributed by atoms with Crippen LogP contribution in [0.1, 0.15) is 4.88 Å². The van der Waals surface area contributed by atoms with Gasteiger partial charge in [0, 0.05) is 11.9 Å². The summed E-state index contributed by atoms with van der Waals surface area (Å²) in [6.45, 7) is 0.910. The van der Waals surface area contributed by atoms with Crippen molar-refractivity contribution in [2.24, 2.45) is 0 Å². The zero-order valence-electron chi connectivity index (χ0n) is 9.14. The van der Waals surface area contributed by atoms with Crippen LogP contribution in [0.5, 0.6) is 0 Å². The van der Waals surface area contributed by atoms with E-state index in [1.165, 1.54) is 16.4 Å². The van der Waals surface area contributed by atoms with Crippen molar-refractivity contribution in [3.63, 3.8) is 0 Å². The predicted octanol–water partition coefficient (Wildman–Crippen LogP) is 3.15. The molecule has 2 N–H and O–H groups in total. The highest BCUT2D eigenvalue weighted by molar-refractivity contribution is 7.99. The quantitative estimate of drug-likeness (QED) is 0.868. The van der Waals surface area contributed by atoms with Crippen LogP contribution in [0.2, 0.25) is 0 Å². The monoisotopic (exact) mass is 271 g/mol. The number of anilines is 2. The third-order valence-corrected chi connectivity index (χ3v) is 4.96. The second kappa shape index (κ2) is 5.07. The van der Waals surface area contributed by atoms with Gasteiger partial charge < -0.3 is 10.6 Å². The van der Waals surface area contributed by atoms with Crippen molar-refractivity contribution < 1.29 is 0 Å². The molecule has 2 rings (SSSR count). The summed E-state index contributed by atoms with van der Waals surface area (Å²) in [5.41, 5.74) is 5.82. The lowest BCUT2D eigenvalue weighted by Gasteiger charge is -2.16. The molecule has 0 unspecified atom stereocenters. The topological polar surface area (TPSA) is 42.1 Å². The van der Waals surface area contributed by atoms with Gasteiger partial charge in [-0.1, -0.05) is 6.07 Å². The maximum absolute atomic E-state index is 5.82. The van der Waals surface area contributed by atoms with Crippen molar-refractivity contribution in [3.8, 4) is 0 Å². The highest BCUT2D eigenvalue weighted by Crippen LogP contribution is 2.37. The molecule has 0 spiro atoms. The van der Waals surface area contributed by atoms with E-state index in [0.29, 0.717) is 5.82 Å². The lowest BCUT2D eigenvalue weighted by atomic mass is 10.4. The molecule has 0 aromatic carbocycles. The lowest BCUT2D eigenvalue weighted by molar-refractivity contribution is 0.942. The van der Waals surface area contributed by atoms with E-state index in [9.17, 15) is 0 Å². The van der Waals surface area contributed by atoms with E-state index >= 15 is 0 Å². The Morgan fingerprint density at radius 3 is 3.00 bits per heavy atom. The summed E-state index contributed by atoms with van der Waals surface area (Å²) < 4.78 is 4.20. The Morgan fingerprint density at radius 2 is 2.38 bits per heavy atom. The van der Waals surface area contributed by atoms with Crippen LogP contribution < -0.4 is 10.6 Å². The average molecular weight is 271 g/mol. The Morgan fingerprint density at radius 1 is 1.56 bits per heavy atom. The lowest BCUT2D eigenvalue weighted by Crippen LogP contribution is -2.14. The first-order chi connectivity index (χ1) is 7.72. The van der Waals surface area contributed by atoms with Crippen LogP contribution in [-0.4, -0.2) is 17.7 Å². The standard InChI is InChI=1S/C10H13N3S3/c1-13(6-7-4-3-5-15-7)10-8(14-2)9(11)12-16-10/h3-5H,6H2,1-2H3,(H2,11,12). The maximum Gasteiger partial charge on any atom is 0.153 e. The molecule has 0 aliphatic rings. The smallest absolute Gasteiger partial charge is 0.153 e. The largest absolute Gasteiger partial charge is 0.382 e. The van der Waals surface area contributed by atoms with Gasteiger partial charge >= 0.3 is 0 Å². The third-order valence-electron chi connectivity index (χ3n) is 2.18. The Kier molecular flexibility index (Phi) is 3.73. The number of hydrogen-bond acceptors (Lipinski definition) is 6. The Hall–Kier alpha value is -0.720. The summed E-state index contributed by atoms with van der Waals surface area (Å²) in [5.74, 6) is 0.644. The van der Waals surface area contributed by atoms with Gasteiger partial charge in [0.25, 0.3) is 0 Å². The van der Waals surface area contributed by atoms with Crippen molar-refractivity contribution in [2.45, 2.75) is 11.4 Å². The second-order valence-corrected chi connectivity index (χ2v) is 5.94. The molecule has 16 heavy (non-hydrogen) atoms. The molecule has 0 radical (unpaired) electrons. The number of thioether (sulfide) groups is 1. The summed E-state index contributed by atoms with van der Waals surface area (Å²) >= 11 is 4.89. The van der Waals surface area contributed by atoms with E-state index < -0.39 is 0 Å². The molecule has 6 heteroatoms. The van der Waals surface area contributed by atoms with Gasteiger partial charge in [-0.25, -0.2) is 0 Å². The predicted molar refractivity (Wildman–Crippen MR) is 74.7 cm³/mol. The average Bonchev–Trinajstić information content (AvgIpc) is 2.87. The summed E-state index contributed by atoms with van der Waals surface area (Å²) in [7, 11) is 2.08. The number of aromatic nitrogens is 1. The Balaban J connectivity index is 2.17. The molecule has 0 atom stereocenters. The molecule has 0 saturated carbocycles. The van der Waals surface area contributed by atoms with E-state index in [4.69, 9.17) is 5.73 Å². The van der Waals surface area contributed by atoms with Gasteiger partial charge in [-0.05, 0) is 29.2 Å². The molecular formula is C10H13N3S3. The summed E-state index contributed by atoms with van der Waals surface area (Å²) in [4.78, 5) is 4.64. The van der Waals surface area contributed by atoms with Crippen molar-refractivity contribution in [1.82, 2.24) is 4.37 Å². The fourth-order valence-corrected chi connectivity index (χ4v) is 3.86. The minimum Gasteiger partial charge on any atom is -0.382 e. The number of thiophene rings is 1. The molecule has 86 valence electrons. The molecule has 3 nitrogen and oxygen atoms in total. The van der Waals surface area contributed by atoms with Crippen LogP contribution in [-0.2, 0) is 6.54 Å². The van der Waals surface area contributed by atoms with Crippen molar-refractivity contribution in [3.05, 3.63) is 22.4 Å². The van der Waals surface area contributed by atoms with Crippen LogP contribution in [0.25, 0.3) is 0 Å². The Bertz CT molecular complexity index is 450. The van der Waals surface area contributed by atoms with Crippen molar-refractivity contribution >= 4 is 45.5 Å². The van der Waals surface area contributed by atoms with E-state index in [2.05, 4.69) is 33.8 Å². The van der Waals surface area contributed by atoms with Gasteiger partial charge in [-0.3, -0.25) is 0 Å². The zero-order chi connectivity index (χ0) is 11.5. The summed E-state index contributed by atoms with van der Waals surface area (Å²) in [5, 5.41) is 3.25. The van der Waals surface area contributed by atoms with Crippen LogP contribution >= 0.6 is 34.6 Å². The van der Waals surface area contributed by atoms with Crippen LogP contribution in [0.15, 0.2) is 22.4 Å². The van der Waals surface area contributed by atoms with Gasteiger partial charge in [-0.2, -0.15) is 4.37 Å². The first-order valence-corrected chi connectivity index (χ1v) is 7.62. The van der Waals surface area contributed by atoms with Crippen LogP contribution in [0.3, 0.4) is 0 Å². The van der Waals surface area contributed by atoms with Crippen molar-refractivity contribution in [1.29, 1.82) is 0 Å². The molecule has 2 aromatic heterocycles. The van der Waals surface area contributed by atoms with Crippen LogP contribution in [0.4, 0.5) is 10.8 Å². The van der Waals surface area contributed by atoms with Gasteiger partial charge in [0.1, 0.15) is 5.00 Å². The molecule has 0 amide bonds. The highest BCUT2D eigenvalue weighted by atomic mass is 32.2. The highest BCUT2D eigenvalue weighted by Gasteiger charge is 2.14. The number of nitrogens with zero attached hydrogens (tertiary/aromatic N) is 2. The SMILES string of the molecule is CSc1c(N)nsc1N(C)Cc1cccs1. The molecule has 2 heterocycles. The first-order valence-electron chi connectivity index (χ1n) is 4.75. The summed E-state index contributed by atoms with van der Waals surface area (Å²) in [6.07, 6.45) is 2.03. The minimum absolute atomic E-state index is 0.644. The van der Waals surface area contributed by atoms with Crippen LogP contribution in [0, 0.1) is 0 Å². The van der Waals surface area contributed by atoms with Crippen molar-refractivity contribution in [2.75, 3.05) is 23.9 Å². The molecule has 0 aliphatic heterocycles. The van der Waals surface area contributed by atoms with E-state index in [0.717, 1.165) is 16.4 Å². The maximum atomic E-state index is 5.82. The van der Waals surface area contributed by atoms with E-state index in [1.54, 1.807) is 23.1 Å². The number of rotatable bonds is 4. The molecule has 2 aromatic rings. The minimum atomic E-state index is 0.644. The number of nitrogens with two attached hydrogens (primary N) is 1. The fourth-order valence-electron chi connectivity index (χ4n) is 1.43. The number of nitrogen functional groups attached to an aromatic ring is 1. The van der Waals surface area contributed by atoms with Gasteiger partial charge in [0.2, 0.25) is 0 Å². The Labute approximate surface area is 107 Å². The molecule has 0 bridgehead atoms. The molecular weight excluding hydrogens is 258 g/mol. The molecule has 0 aliphatic carbocycles. The molecule has 0 fully saturated rings. The first kappa shape index (κ1) is 11.8. The zero-order valence-corrected chi connectivity index (χ0v) is 11.6. The van der Waals surface area contributed by atoms with Gasteiger partial charge in [0.05, 0.1) is 11.4 Å². The fraction of sp³-hybridized carbons (Fsp3) is 0.300. The second-order valence-electron chi connectivity index (χ2n) is 3.34. The van der Waals surface area contributed by atoms with E-state index in [1.807, 2.05) is 6.26 Å². The van der Waals surface area contributed by atoms with Gasteiger partial charge in [0.15, 0.2) is 5.82 Å². The number of hydrogen-bond donors (Lipinski definition) is 1.